The van der Waals surface area contributed by atoms with Crippen molar-refractivity contribution in [2.24, 2.45) is 11.1 Å². The summed E-state index contributed by atoms with van der Waals surface area (Å²) in [4.78, 5) is 0. The predicted molar refractivity (Wildman–Crippen MR) is 50.1 cm³/mol. The molecule has 72 valence electrons. The van der Waals surface area contributed by atoms with Crippen LogP contribution in [0.15, 0.2) is 0 Å². The molecule has 1 unspecified atom stereocenters. The van der Waals surface area contributed by atoms with Crippen molar-refractivity contribution in [1.82, 2.24) is 5.32 Å². The van der Waals surface area contributed by atoms with Crippen molar-refractivity contribution in [2.45, 2.75) is 19.3 Å². The molecule has 0 spiro atoms. The second kappa shape index (κ2) is 4.80. The van der Waals surface area contributed by atoms with Crippen LogP contribution in [0, 0.1) is 5.41 Å². The number of hydrogen-bond donors (Lipinski definition) is 2. The van der Waals surface area contributed by atoms with Crippen molar-refractivity contribution >= 4 is 0 Å². The van der Waals surface area contributed by atoms with Crippen molar-refractivity contribution in [3.8, 4) is 0 Å². The molecule has 1 heterocycles. The van der Waals surface area contributed by atoms with E-state index in [1.165, 1.54) is 12.8 Å². The largest absolute Gasteiger partial charge is 0.384 e. The zero-order chi connectivity index (χ0) is 8.86. The summed E-state index contributed by atoms with van der Waals surface area (Å²) in [5.74, 6) is 0. The van der Waals surface area contributed by atoms with Crippen LogP contribution in [0.3, 0.4) is 0 Å². The summed E-state index contributed by atoms with van der Waals surface area (Å²) >= 11 is 0. The van der Waals surface area contributed by atoms with Gasteiger partial charge in [0.1, 0.15) is 0 Å². The van der Waals surface area contributed by atoms with E-state index in [9.17, 15) is 0 Å². The molecule has 3 heteroatoms. The smallest absolute Gasteiger partial charge is 0.0531 e. The molecule has 12 heavy (non-hydrogen) atoms. The van der Waals surface area contributed by atoms with E-state index in [1.54, 1.807) is 7.11 Å². The molecule has 3 N–H and O–H groups in total. The molecule has 1 fully saturated rings. The van der Waals surface area contributed by atoms with Crippen molar-refractivity contribution in [2.75, 3.05) is 33.4 Å². The lowest BCUT2D eigenvalue weighted by atomic mass is 9.78. The van der Waals surface area contributed by atoms with Crippen LogP contribution in [0.25, 0.3) is 0 Å². The summed E-state index contributed by atoms with van der Waals surface area (Å²) in [6, 6.07) is 0. The molecule has 0 amide bonds. The van der Waals surface area contributed by atoms with E-state index in [-0.39, 0.29) is 0 Å². The van der Waals surface area contributed by atoms with Crippen LogP contribution >= 0.6 is 0 Å². The number of ether oxygens (including phenoxy) is 1. The SMILES string of the molecule is COCC1(CCN)CCCNC1. The molecule has 3 nitrogen and oxygen atoms in total. The molecule has 0 bridgehead atoms. The van der Waals surface area contributed by atoms with Gasteiger partial charge in [-0.2, -0.15) is 0 Å². The summed E-state index contributed by atoms with van der Waals surface area (Å²) in [6.45, 7) is 3.83. The molecule has 1 aliphatic rings. The molecule has 1 aliphatic heterocycles. The van der Waals surface area contributed by atoms with Crippen LogP contribution in [-0.4, -0.2) is 33.4 Å². The Hall–Kier alpha value is -0.120. The second-order valence-electron chi connectivity index (χ2n) is 3.75. The number of methoxy groups -OCH3 is 1. The van der Waals surface area contributed by atoms with Gasteiger partial charge in [0.15, 0.2) is 0 Å². The van der Waals surface area contributed by atoms with Gasteiger partial charge in [-0.15, -0.1) is 0 Å². The molecule has 1 saturated heterocycles. The highest BCUT2D eigenvalue weighted by Gasteiger charge is 2.30. The lowest BCUT2D eigenvalue weighted by Crippen LogP contribution is -2.44. The summed E-state index contributed by atoms with van der Waals surface area (Å²) in [7, 11) is 1.77. The monoisotopic (exact) mass is 172 g/mol. The quantitative estimate of drug-likeness (QED) is 0.643. The normalized spacial score (nSPS) is 30.5. The van der Waals surface area contributed by atoms with Crippen LogP contribution in [0.2, 0.25) is 0 Å². The van der Waals surface area contributed by atoms with Crippen molar-refractivity contribution in [3.63, 3.8) is 0 Å². The summed E-state index contributed by atoms with van der Waals surface area (Å²) in [5, 5.41) is 3.41. The molecule has 0 saturated carbocycles. The lowest BCUT2D eigenvalue weighted by molar-refractivity contribution is 0.0536. The summed E-state index contributed by atoms with van der Waals surface area (Å²) in [5.41, 5.74) is 5.91. The Morgan fingerprint density at radius 3 is 2.92 bits per heavy atom. The van der Waals surface area contributed by atoms with Gasteiger partial charge in [-0.25, -0.2) is 0 Å². The third kappa shape index (κ3) is 2.44. The molecular formula is C9H20N2O. The Labute approximate surface area is 74.7 Å². The zero-order valence-electron chi connectivity index (χ0n) is 7.94. The molecule has 1 rings (SSSR count). The molecule has 0 aromatic heterocycles. The topological polar surface area (TPSA) is 47.3 Å². The average molecular weight is 172 g/mol. The zero-order valence-corrected chi connectivity index (χ0v) is 7.94. The fourth-order valence-corrected chi connectivity index (χ4v) is 2.05. The molecule has 1 atom stereocenters. The first-order chi connectivity index (χ1) is 5.83. The molecule has 0 aromatic rings. The van der Waals surface area contributed by atoms with E-state index in [1.807, 2.05) is 0 Å². The summed E-state index contributed by atoms with van der Waals surface area (Å²) in [6.07, 6.45) is 3.59. The van der Waals surface area contributed by atoms with Crippen LogP contribution in [0.5, 0.6) is 0 Å². The highest BCUT2D eigenvalue weighted by Crippen LogP contribution is 2.29. The van der Waals surface area contributed by atoms with Crippen LogP contribution in [-0.2, 0) is 4.74 Å². The van der Waals surface area contributed by atoms with E-state index in [0.717, 1.165) is 32.7 Å². The highest BCUT2D eigenvalue weighted by molar-refractivity contribution is 4.85. The first-order valence-corrected chi connectivity index (χ1v) is 4.73. The third-order valence-electron chi connectivity index (χ3n) is 2.69. The van der Waals surface area contributed by atoms with Gasteiger partial charge in [0, 0.05) is 19.1 Å². The Bertz CT molecular complexity index is 106. The average Bonchev–Trinajstić information content (AvgIpc) is 2.07. The molecule has 0 aliphatic carbocycles. The lowest BCUT2D eigenvalue weighted by Gasteiger charge is -2.36. The number of piperidine rings is 1. The minimum Gasteiger partial charge on any atom is -0.384 e. The third-order valence-corrected chi connectivity index (χ3v) is 2.69. The number of rotatable bonds is 4. The van der Waals surface area contributed by atoms with E-state index >= 15 is 0 Å². The van der Waals surface area contributed by atoms with Crippen LogP contribution < -0.4 is 11.1 Å². The second-order valence-corrected chi connectivity index (χ2v) is 3.75. The molecule has 0 radical (unpaired) electrons. The van der Waals surface area contributed by atoms with Crippen molar-refractivity contribution < 1.29 is 4.74 Å². The maximum atomic E-state index is 5.59. The number of nitrogens with one attached hydrogen (secondary N) is 1. The first-order valence-electron chi connectivity index (χ1n) is 4.73. The van der Waals surface area contributed by atoms with E-state index in [0.29, 0.717) is 5.41 Å². The van der Waals surface area contributed by atoms with E-state index in [2.05, 4.69) is 5.32 Å². The van der Waals surface area contributed by atoms with Gasteiger partial charge in [-0.05, 0) is 32.4 Å². The minimum absolute atomic E-state index is 0.321. The Kier molecular flexibility index (Phi) is 3.98. The van der Waals surface area contributed by atoms with Gasteiger partial charge in [-0.1, -0.05) is 0 Å². The number of hydrogen-bond acceptors (Lipinski definition) is 3. The predicted octanol–water partition coefficient (Wildman–Crippen LogP) is 0.351. The van der Waals surface area contributed by atoms with Crippen molar-refractivity contribution in [1.29, 1.82) is 0 Å². The first kappa shape index (κ1) is 9.96. The maximum Gasteiger partial charge on any atom is 0.0531 e. The van der Waals surface area contributed by atoms with Gasteiger partial charge in [0.25, 0.3) is 0 Å². The van der Waals surface area contributed by atoms with E-state index in [4.69, 9.17) is 10.5 Å². The summed E-state index contributed by atoms with van der Waals surface area (Å²) < 4.78 is 5.24. The van der Waals surface area contributed by atoms with Crippen LogP contribution in [0.4, 0.5) is 0 Å². The van der Waals surface area contributed by atoms with Crippen LogP contribution in [0.1, 0.15) is 19.3 Å². The standard InChI is InChI=1S/C9H20N2O/c1-12-8-9(4-5-10)3-2-6-11-7-9/h11H,2-8,10H2,1H3. The minimum atomic E-state index is 0.321. The fraction of sp³-hybridized carbons (Fsp3) is 1.00. The molecule has 0 aromatic carbocycles. The maximum absolute atomic E-state index is 5.59. The van der Waals surface area contributed by atoms with Gasteiger partial charge in [0.05, 0.1) is 6.61 Å². The van der Waals surface area contributed by atoms with Gasteiger partial charge < -0.3 is 15.8 Å². The van der Waals surface area contributed by atoms with Gasteiger partial charge in [0.2, 0.25) is 0 Å². The van der Waals surface area contributed by atoms with E-state index < -0.39 is 0 Å². The Balaban J connectivity index is 2.44. The highest BCUT2D eigenvalue weighted by atomic mass is 16.5. The van der Waals surface area contributed by atoms with Crippen molar-refractivity contribution in [3.05, 3.63) is 0 Å². The Morgan fingerprint density at radius 2 is 2.42 bits per heavy atom. The Morgan fingerprint density at radius 1 is 1.58 bits per heavy atom. The fourth-order valence-electron chi connectivity index (χ4n) is 2.05. The van der Waals surface area contributed by atoms with Gasteiger partial charge >= 0.3 is 0 Å². The molecular weight excluding hydrogens is 152 g/mol. The number of nitrogens with two attached hydrogens (primary N) is 1. The van der Waals surface area contributed by atoms with Gasteiger partial charge in [-0.3, -0.25) is 0 Å².